The fraction of sp³-hybridized carbons (Fsp3) is 0.444. The summed E-state index contributed by atoms with van der Waals surface area (Å²) in [6.07, 6.45) is 3.05. The van der Waals surface area contributed by atoms with Crippen LogP contribution in [-0.4, -0.2) is 77.9 Å². The molecule has 2 aliphatic rings. The first-order valence-corrected chi connectivity index (χ1v) is 13.3. The minimum Gasteiger partial charge on any atom is -0.493 e. The summed E-state index contributed by atoms with van der Waals surface area (Å²) in [6.45, 7) is 3.59. The van der Waals surface area contributed by atoms with Crippen LogP contribution in [0.4, 0.5) is 11.6 Å². The molecule has 0 saturated carbocycles. The highest BCUT2D eigenvalue weighted by atomic mass is 35.5. The number of halogens is 1. The van der Waals surface area contributed by atoms with E-state index in [1.807, 2.05) is 18.2 Å². The molecule has 0 radical (unpaired) electrons. The number of rotatable bonds is 8. The average molecular weight is 541 g/mol. The molecule has 0 bridgehead atoms. The molecule has 1 saturated heterocycles. The summed E-state index contributed by atoms with van der Waals surface area (Å²) in [5.41, 5.74) is 8.55. The van der Waals surface area contributed by atoms with E-state index in [4.69, 9.17) is 26.8 Å². The Hall–Kier alpha value is -3.34. The molecule has 1 aromatic heterocycles. The van der Waals surface area contributed by atoms with Gasteiger partial charge in [0.25, 0.3) is 5.91 Å². The Morgan fingerprint density at radius 3 is 3.03 bits per heavy atom. The third-order valence-corrected chi connectivity index (χ3v) is 7.53. The number of benzene rings is 2. The molecule has 10 nitrogen and oxygen atoms in total. The van der Waals surface area contributed by atoms with E-state index in [1.165, 1.54) is 0 Å². The van der Waals surface area contributed by atoms with Crippen LogP contribution in [0.25, 0.3) is 10.9 Å². The van der Waals surface area contributed by atoms with Crippen LogP contribution in [0.1, 0.15) is 35.2 Å². The van der Waals surface area contributed by atoms with E-state index in [0.717, 1.165) is 44.3 Å². The quantitative estimate of drug-likeness (QED) is 0.251. The van der Waals surface area contributed by atoms with Crippen molar-refractivity contribution in [2.24, 2.45) is 0 Å². The number of hydrogen-bond donors (Lipinski definition) is 4. The van der Waals surface area contributed by atoms with Crippen molar-refractivity contribution in [2.45, 2.75) is 37.8 Å². The van der Waals surface area contributed by atoms with Crippen molar-refractivity contribution in [3.63, 3.8) is 0 Å². The second-order valence-electron chi connectivity index (χ2n) is 9.69. The second kappa shape index (κ2) is 11.6. The Bertz CT molecular complexity index is 1320. The largest absolute Gasteiger partial charge is 0.493 e. The Morgan fingerprint density at radius 1 is 1.34 bits per heavy atom. The SMILES string of the molecule is CO[C@@H]1CN(CCCNc2nc(O)c3ccccc3n2)CC[C@@H]1NC(=O)c1cc(Cl)c(N)c2c1OCCC2. The first-order chi connectivity index (χ1) is 18.4. The van der Waals surface area contributed by atoms with E-state index in [-0.39, 0.29) is 23.9 Å². The Balaban J connectivity index is 1.14. The molecule has 1 fully saturated rings. The molecule has 0 unspecified atom stereocenters. The monoisotopic (exact) mass is 540 g/mol. The fourth-order valence-corrected chi connectivity index (χ4v) is 5.40. The fourth-order valence-electron chi connectivity index (χ4n) is 5.18. The molecule has 1 amide bonds. The van der Waals surface area contributed by atoms with Crippen molar-refractivity contribution in [3.05, 3.63) is 46.5 Å². The number of nitrogens with zero attached hydrogens (tertiary/aromatic N) is 3. The van der Waals surface area contributed by atoms with Gasteiger partial charge in [0.05, 0.1) is 45.9 Å². The number of fused-ring (bicyclic) bond motifs is 2. The molecular weight excluding hydrogens is 508 g/mol. The molecule has 0 spiro atoms. The van der Waals surface area contributed by atoms with Gasteiger partial charge in [-0.25, -0.2) is 4.98 Å². The number of hydrogen-bond acceptors (Lipinski definition) is 9. The molecule has 2 atom stereocenters. The minimum atomic E-state index is -0.228. The summed E-state index contributed by atoms with van der Waals surface area (Å²) in [7, 11) is 1.67. The van der Waals surface area contributed by atoms with Crippen molar-refractivity contribution in [2.75, 3.05) is 50.9 Å². The minimum absolute atomic E-state index is 0.0292. The summed E-state index contributed by atoms with van der Waals surface area (Å²) >= 11 is 6.33. The van der Waals surface area contributed by atoms with Crippen LogP contribution in [0.2, 0.25) is 5.02 Å². The summed E-state index contributed by atoms with van der Waals surface area (Å²) in [5, 5.41) is 17.5. The van der Waals surface area contributed by atoms with Crippen LogP contribution in [0.5, 0.6) is 11.6 Å². The summed E-state index contributed by atoms with van der Waals surface area (Å²) in [6, 6.07) is 8.82. The molecule has 38 heavy (non-hydrogen) atoms. The van der Waals surface area contributed by atoms with Crippen molar-refractivity contribution >= 4 is 40.0 Å². The lowest BCUT2D eigenvalue weighted by Gasteiger charge is -2.38. The van der Waals surface area contributed by atoms with Crippen LogP contribution >= 0.6 is 11.6 Å². The first-order valence-electron chi connectivity index (χ1n) is 12.9. The molecule has 2 aliphatic heterocycles. The second-order valence-corrected chi connectivity index (χ2v) is 10.1. The molecule has 202 valence electrons. The molecule has 11 heteroatoms. The van der Waals surface area contributed by atoms with Crippen molar-refractivity contribution in [1.82, 2.24) is 20.2 Å². The summed E-state index contributed by atoms with van der Waals surface area (Å²) in [4.78, 5) is 24.2. The number of methoxy groups -OCH3 is 1. The number of carbonyl (C=O) groups is 1. The van der Waals surface area contributed by atoms with Gasteiger partial charge in [-0.05, 0) is 50.4 Å². The number of nitrogens with one attached hydrogen (secondary N) is 2. The molecule has 5 N–H and O–H groups in total. The van der Waals surface area contributed by atoms with Crippen molar-refractivity contribution in [3.8, 4) is 11.6 Å². The summed E-state index contributed by atoms with van der Waals surface area (Å²) < 4.78 is 11.6. The zero-order valence-electron chi connectivity index (χ0n) is 21.4. The Morgan fingerprint density at radius 2 is 2.18 bits per heavy atom. The van der Waals surface area contributed by atoms with Gasteiger partial charge in [-0.3, -0.25) is 4.79 Å². The van der Waals surface area contributed by atoms with E-state index in [1.54, 1.807) is 19.2 Å². The van der Waals surface area contributed by atoms with Crippen LogP contribution in [0.3, 0.4) is 0 Å². The topological polar surface area (TPSA) is 135 Å². The average Bonchev–Trinajstić information content (AvgIpc) is 2.93. The highest BCUT2D eigenvalue weighted by Gasteiger charge is 2.32. The highest BCUT2D eigenvalue weighted by molar-refractivity contribution is 6.33. The van der Waals surface area contributed by atoms with Gasteiger partial charge in [-0.2, -0.15) is 4.98 Å². The third kappa shape index (κ3) is 5.57. The van der Waals surface area contributed by atoms with E-state index in [0.29, 0.717) is 58.6 Å². The molecule has 3 heterocycles. The maximum atomic E-state index is 13.2. The smallest absolute Gasteiger partial charge is 0.255 e. The van der Waals surface area contributed by atoms with Gasteiger partial charge in [0.1, 0.15) is 5.75 Å². The highest BCUT2D eigenvalue weighted by Crippen LogP contribution is 2.38. The predicted molar refractivity (Wildman–Crippen MR) is 147 cm³/mol. The standard InChI is InChI=1S/C27H33ClN6O4/c1-37-22-15-34(11-5-10-30-27-32-20-8-3-2-6-16(20)25(35)33-27)12-9-21(22)31-26(36)18-14-19(28)23(29)17-7-4-13-38-24(17)18/h2-3,6,8,14,21-22H,4-5,7,9-13,15,29H2,1H3,(H,31,36)(H2,30,32,33,35)/t21-,22+/m0/s1. The zero-order chi connectivity index (χ0) is 26.6. The van der Waals surface area contributed by atoms with Crippen molar-refractivity contribution < 1.29 is 19.4 Å². The molecule has 5 rings (SSSR count). The van der Waals surface area contributed by atoms with E-state index in [2.05, 4.69) is 25.5 Å². The number of nitrogen functional groups attached to an aromatic ring is 1. The molecule has 2 aromatic carbocycles. The Labute approximate surface area is 226 Å². The summed E-state index contributed by atoms with van der Waals surface area (Å²) in [5.74, 6) is 0.691. The van der Waals surface area contributed by atoms with Crippen LogP contribution in [0, 0.1) is 0 Å². The zero-order valence-corrected chi connectivity index (χ0v) is 22.1. The van der Waals surface area contributed by atoms with Gasteiger partial charge >= 0.3 is 0 Å². The maximum absolute atomic E-state index is 13.2. The number of aromatic nitrogens is 2. The molecular formula is C27H33ClN6O4. The number of ether oxygens (including phenoxy) is 2. The Kier molecular flexibility index (Phi) is 8.01. The van der Waals surface area contributed by atoms with Gasteiger partial charge in [-0.1, -0.05) is 23.7 Å². The number of piperidine rings is 1. The number of amides is 1. The lowest BCUT2D eigenvalue weighted by molar-refractivity contribution is 0.00636. The number of likely N-dealkylation sites (tertiary alicyclic amines) is 1. The normalized spacial score (nSPS) is 19.5. The van der Waals surface area contributed by atoms with Crippen LogP contribution < -0.4 is 21.1 Å². The van der Waals surface area contributed by atoms with E-state index < -0.39 is 0 Å². The maximum Gasteiger partial charge on any atom is 0.255 e. The third-order valence-electron chi connectivity index (χ3n) is 7.21. The number of anilines is 2. The van der Waals surface area contributed by atoms with Crippen LogP contribution in [-0.2, 0) is 11.2 Å². The molecule has 0 aliphatic carbocycles. The first kappa shape index (κ1) is 26.3. The van der Waals surface area contributed by atoms with E-state index >= 15 is 0 Å². The van der Waals surface area contributed by atoms with Gasteiger partial charge < -0.3 is 35.8 Å². The lowest BCUT2D eigenvalue weighted by Crippen LogP contribution is -2.55. The number of para-hydroxylation sites is 1. The predicted octanol–water partition coefficient (Wildman–Crippen LogP) is 3.22. The van der Waals surface area contributed by atoms with Crippen LogP contribution in [0.15, 0.2) is 30.3 Å². The molecule has 3 aromatic rings. The van der Waals surface area contributed by atoms with Gasteiger partial charge in [0.15, 0.2) is 0 Å². The van der Waals surface area contributed by atoms with Gasteiger partial charge in [-0.15, -0.1) is 0 Å². The lowest BCUT2D eigenvalue weighted by atomic mass is 9.98. The van der Waals surface area contributed by atoms with Crippen molar-refractivity contribution in [1.29, 1.82) is 0 Å². The van der Waals surface area contributed by atoms with E-state index in [9.17, 15) is 9.90 Å². The number of aromatic hydroxyl groups is 1. The van der Waals surface area contributed by atoms with Gasteiger partial charge in [0.2, 0.25) is 11.8 Å². The number of carbonyl (C=O) groups excluding carboxylic acids is 1. The van der Waals surface area contributed by atoms with Gasteiger partial charge in [0, 0.05) is 32.3 Å². The number of nitrogens with two attached hydrogens (primary N) is 1.